The lowest BCUT2D eigenvalue weighted by molar-refractivity contribution is -0.137. The van der Waals surface area contributed by atoms with Gasteiger partial charge in [0.05, 0.1) is 23.7 Å². The Bertz CT molecular complexity index is 622. The Morgan fingerprint density at radius 1 is 1.25 bits per heavy atom. The van der Waals surface area contributed by atoms with E-state index in [0.717, 1.165) is 50.9 Å². The van der Waals surface area contributed by atoms with Gasteiger partial charge in [0.1, 0.15) is 0 Å². The second-order valence-corrected chi connectivity index (χ2v) is 7.57. The van der Waals surface area contributed by atoms with Gasteiger partial charge in [0.25, 0.3) is 0 Å². The van der Waals surface area contributed by atoms with Crippen LogP contribution < -0.4 is 5.32 Å². The first kappa shape index (κ1) is 15.7. The van der Waals surface area contributed by atoms with E-state index in [-0.39, 0.29) is 23.7 Å². The SMILES string of the molecule is O=C(NCC1CC1)[C@@H]1CCCN(C(=O)[C@@H]2CCCc3cn[nH]c32)C1. The van der Waals surface area contributed by atoms with Crippen LogP contribution in [0.15, 0.2) is 6.20 Å². The standard InChI is InChI=1S/C18H26N4O2/c23-17(19-9-12-6-7-12)14-4-2-8-22(11-14)18(24)15-5-1-3-13-10-20-21-16(13)15/h10,12,14-15H,1-9,11H2,(H,19,23)(H,20,21)/t14-,15-/m1/s1. The van der Waals surface area contributed by atoms with E-state index in [1.54, 1.807) is 0 Å². The van der Waals surface area contributed by atoms with Gasteiger partial charge in [-0.3, -0.25) is 14.7 Å². The van der Waals surface area contributed by atoms with Crippen LogP contribution in [0.2, 0.25) is 0 Å². The third-order valence-corrected chi connectivity index (χ3v) is 5.70. The Kier molecular flexibility index (Phi) is 4.29. The summed E-state index contributed by atoms with van der Waals surface area (Å²) in [4.78, 5) is 27.3. The van der Waals surface area contributed by atoms with Gasteiger partial charge in [-0.2, -0.15) is 5.10 Å². The van der Waals surface area contributed by atoms with Gasteiger partial charge in [0.2, 0.25) is 11.8 Å². The van der Waals surface area contributed by atoms with E-state index in [1.165, 1.54) is 18.4 Å². The largest absolute Gasteiger partial charge is 0.356 e. The van der Waals surface area contributed by atoms with Gasteiger partial charge in [-0.15, -0.1) is 0 Å². The van der Waals surface area contributed by atoms with Crippen molar-refractivity contribution in [2.45, 2.75) is 50.9 Å². The number of rotatable bonds is 4. The van der Waals surface area contributed by atoms with Gasteiger partial charge >= 0.3 is 0 Å². The highest BCUT2D eigenvalue weighted by atomic mass is 16.2. The maximum absolute atomic E-state index is 13.0. The topological polar surface area (TPSA) is 78.1 Å². The molecule has 0 spiro atoms. The summed E-state index contributed by atoms with van der Waals surface area (Å²) in [5.41, 5.74) is 2.17. The number of carbonyl (C=O) groups is 2. The first-order chi connectivity index (χ1) is 11.7. The fourth-order valence-electron chi connectivity index (χ4n) is 4.03. The Balaban J connectivity index is 1.39. The molecular formula is C18H26N4O2. The lowest BCUT2D eigenvalue weighted by atomic mass is 9.86. The summed E-state index contributed by atoms with van der Waals surface area (Å²) in [6.07, 6.45) is 9.04. The van der Waals surface area contributed by atoms with E-state index in [9.17, 15) is 9.59 Å². The second kappa shape index (κ2) is 6.57. The van der Waals surface area contributed by atoms with Crippen LogP contribution in [0.4, 0.5) is 0 Å². The highest BCUT2D eigenvalue weighted by molar-refractivity contribution is 5.85. The number of aryl methyl sites for hydroxylation is 1. The molecule has 2 fully saturated rings. The zero-order chi connectivity index (χ0) is 16.5. The Morgan fingerprint density at radius 2 is 2.12 bits per heavy atom. The van der Waals surface area contributed by atoms with Gasteiger partial charge in [-0.1, -0.05) is 0 Å². The molecule has 2 N–H and O–H groups in total. The summed E-state index contributed by atoms with van der Waals surface area (Å²) < 4.78 is 0. The molecule has 2 aliphatic carbocycles. The number of nitrogens with zero attached hydrogens (tertiary/aromatic N) is 2. The molecule has 1 saturated heterocycles. The molecule has 1 saturated carbocycles. The fraction of sp³-hybridized carbons (Fsp3) is 0.722. The van der Waals surface area contributed by atoms with Gasteiger partial charge in [-0.05, 0) is 56.4 Å². The average Bonchev–Trinajstić information content (AvgIpc) is 3.33. The lowest BCUT2D eigenvalue weighted by Crippen LogP contribution is -2.47. The summed E-state index contributed by atoms with van der Waals surface area (Å²) in [6.45, 7) is 2.14. The molecule has 3 aliphatic rings. The minimum Gasteiger partial charge on any atom is -0.356 e. The molecule has 6 nitrogen and oxygen atoms in total. The number of H-pyrrole nitrogens is 1. The highest BCUT2D eigenvalue weighted by Gasteiger charge is 2.35. The van der Waals surface area contributed by atoms with Crippen molar-refractivity contribution in [3.8, 4) is 0 Å². The number of piperidine rings is 1. The van der Waals surface area contributed by atoms with Crippen molar-refractivity contribution in [2.24, 2.45) is 11.8 Å². The molecule has 0 bridgehead atoms. The van der Waals surface area contributed by atoms with Gasteiger partial charge in [-0.25, -0.2) is 0 Å². The minimum absolute atomic E-state index is 0.0497. The molecule has 6 heteroatoms. The number of aromatic amines is 1. The van der Waals surface area contributed by atoms with Crippen molar-refractivity contribution in [1.82, 2.24) is 20.4 Å². The Labute approximate surface area is 142 Å². The highest BCUT2D eigenvalue weighted by Crippen LogP contribution is 2.32. The molecule has 2 atom stereocenters. The van der Waals surface area contributed by atoms with Crippen LogP contribution >= 0.6 is 0 Å². The van der Waals surface area contributed by atoms with Crippen LogP contribution in [0.25, 0.3) is 0 Å². The average molecular weight is 330 g/mol. The van der Waals surface area contributed by atoms with E-state index in [2.05, 4.69) is 15.5 Å². The molecule has 2 amide bonds. The number of likely N-dealkylation sites (tertiary alicyclic amines) is 1. The molecule has 0 aromatic carbocycles. The number of fused-ring (bicyclic) bond motifs is 1. The van der Waals surface area contributed by atoms with Crippen LogP contribution in [0.1, 0.15) is 55.7 Å². The first-order valence-corrected chi connectivity index (χ1v) is 9.31. The van der Waals surface area contributed by atoms with Crippen molar-refractivity contribution in [1.29, 1.82) is 0 Å². The lowest BCUT2D eigenvalue weighted by Gasteiger charge is -2.35. The van der Waals surface area contributed by atoms with E-state index >= 15 is 0 Å². The van der Waals surface area contributed by atoms with E-state index in [4.69, 9.17) is 0 Å². The number of amides is 2. The molecule has 0 unspecified atom stereocenters. The van der Waals surface area contributed by atoms with E-state index < -0.39 is 0 Å². The molecule has 24 heavy (non-hydrogen) atoms. The van der Waals surface area contributed by atoms with Crippen LogP contribution in [-0.4, -0.2) is 46.5 Å². The third-order valence-electron chi connectivity index (χ3n) is 5.70. The molecule has 0 radical (unpaired) electrons. The van der Waals surface area contributed by atoms with Gasteiger partial charge in [0.15, 0.2) is 0 Å². The maximum atomic E-state index is 13.0. The van der Waals surface area contributed by atoms with Crippen molar-refractivity contribution < 1.29 is 9.59 Å². The van der Waals surface area contributed by atoms with Crippen molar-refractivity contribution >= 4 is 11.8 Å². The predicted molar refractivity (Wildman–Crippen MR) is 89.3 cm³/mol. The summed E-state index contributed by atoms with van der Waals surface area (Å²) in [5.74, 6) is 0.831. The minimum atomic E-state index is -0.107. The number of aromatic nitrogens is 2. The van der Waals surface area contributed by atoms with Gasteiger partial charge < -0.3 is 10.2 Å². The van der Waals surface area contributed by atoms with Crippen molar-refractivity contribution in [3.05, 3.63) is 17.5 Å². The summed E-state index contributed by atoms with van der Waals surface area (Å²) in [7, 11) is 0. The number of nitrogens with one attached hydrogen (secondary N) is 2. The van der Waals surface area contributed by atoms with Crippen LogP contribution in [0, 0.1) is 11.8 Å². The molecule has 2 heterocycles. The number of carbonyl (C=O) groups excluding carboxylic acids is 2. The Hall–Kier alpha value is -1.85. The Morgan fingerprint density at radius 3 is 2.96 bits per heavy atom. The zero-order valence-electron chi connectivity index (χ0n) is 14.1. The summed E-state index contributed by atoms with van der Waals surface area (Å²) >= 11 is 0. The van der Waals surface area contributed by atoms with Crippen LogP contribution in [0.3, 0.4) is 0 Å². The quantitative estimate of drug-likeness (QED) is 0.880. The van der Waals surface area contributed by atoms with Crippen LogP contribution in [0.5, 0.6) is 0 Å². The number of hydrogen-bond acceptors (Lipinski definition) is 3. The van der Waals surface area contributed by atoms with E-state index in [1.807, 2.05) is 11.1 Å². The van der Waals surface area contributed by atoms with Gasteiger partial charge in [0, 0.05) is 19.6 Å². The van der Waals surface area contributed by atoms with Crippen molar-refractivity contribution in [3.63, 3.8) is 0 Å². The second-order valence-electron chi connectivity index (χ2n) is 7.57. The molecule has 1 aromatic rings. The smallest absolute Gasteiger partial charge is 0.231 e. The molecule has 130 valence electrons. The van der Waals surface area contributed by atoms with Crippen LogP contribution in [-0.2, 0) is 16.0 Å². The third kappa shape index (κ3) is 3.19. The first-order valence-electron chi connectivity index (χ1n) is 9.31. The monoisotopic (exact) mass is 330 g/mol. The summed E-state index contributed by atoms with van der Waals surface area (Å²) in [6, 6.07) is 0. The van der Waals surface area contributed by atoms with Crippen molar-refractivity contribution in [2.75, 3.05) is 19.6 Å². The summed E-state index contributed by atoms with van der Waals surface area (Å²) in [5, 5.41) is 10.2. The number of hydrogen-bond donors (Lipinski definition) is 2. The molecule has 1 aromatic heterocycles. The zero-order valence-corrected chi connectivity index (χ0v) is 14.1. The maximum Gasteiger partial charge on any atom is 0.231 e. The molecular weight excluding hydrogens is 304 g/mol. The van der Waals surface area contributed by atoms with E-state index in [0.29, 0.717) is 12.5 Å². The molecule has 4 rings (SSSR count). The normalized spacial score (nSPS) is 26.8. The predicted octanol–water partition coefficient (Wildman–Crippen LogP) is 1.59. The molecule has 1 aliphatic heterocycles. The fourth-order valence-corrected chi connectivity index (χ4v) is 4.03.